The van der Waals surface area contributed by atoms with E-state index >= 15 is 22.0 Å². The van der Waals surface area contributed by atoms with Crippen molar-refractivity contribution in [3.05, 3.63) is 41.0 Å². The molecule has 3 aliphatic rings. The van der Waals surface area contributed by atoms with Gasteiger partial charge in [0, 0.05) is 42.9 Å². The van der Waals surface area contributed by atoms with E-state index in [0.29, 0.717) is 36.8 Å². The second-order valence-corrected chi connectivity index (χ2v) is 18.9. The minimum absolute atomic E-state index is 0.0735. The number of thiophene rings is 1. The van der Waals surface area contributed by atoms with E-state index in [0.717, 1.165) is 18.6 Å². The molecule has 0 unspecified atom stereocenters. The molecule has 4 aromatic rings. The van der Waals surface area contributed by atoms with E-state index in [1.54, 1.807) is 60.4 Å². The van der Waals surface area contributed by atoms with Crippen LogP contribution in [0.15, 0.2) is 18.2 Å². The van der Waals surface area contributed by atoms with E-state index in [1.807, 2.05) is 11.0 Å². The van der Waals surface area contributed by atoms with Crippen LogP contribution in [-0.4, -0.2) is 100 Å². The highest BCUT2D eigenvalue weighted by Gasteiger charge is 2.50. The van der Waals surface area contributed by atoms with Crippen LogP contribution in [0.25, 0.3) is 32.1 Å². The summed E-state index contributed by atoms with van der Waals surface area (Å²) in [5.74, 6) is -2.52. The summed E-state index contributed by atoms with van der Waals surface area (Å²) in [6, 6.07) is 2.90. The highest BCUT2D eigenvalue weighted by atomic mass is 32.1. The fourth-order valence-electron chi connectivity index (χ4n) is 8.81. The highest BCUT2D eigenvalue weighted by Crippen LogP contribution is 2.49. The average Bonchev–Trinajstić information content (AvgIpc) is 3.89. The van der Waals surface area contributed by atoms with Crippen molar-refractivity contribution in [2.24, 2.45) is 0 Å². The first-order chi connectivity index (χ1) is 28.4. The zero-order valence-corrected chi connectivity index (χ0v) is 35.8. The summed E-state index contributed by atoms with van der Waals surface area (Å²) in [6.45, 7) is 12.8. The monoisotopic (exact) mass is 875 g/mol. The first-order valence-electron chi connectivity index (χ1n) is 19.9. The van der Waals surface area contributed by atoms with Crippen LogP contribution in [0.4, 0.5) is 46.8 Å². The molecular formula is C42H47F6N7O5S. The van der Waals surface area contributed by atoms with Crippen molar-refractivity contribution in [1.82, 2.24) is 19.8 Å². The molecule has 2 aromatic carbocycles. The van der Waals surface area contributed by atoms with Crippen molar-refractivity contribution in [2.75, 3.05) is 43.5 Å². The van der Waals surface area contributed by atoms with Crippen molar-refractivity contribution in [3.8, 4) is 23.2 Å². The molecule has 61 heavy (non-hydrogen) atoms. The van der Waals surface area contributed by atoms with Gasteiger partial charge in [-0.15, -0.1) is 11.3 Å². The lowest BCUT2D eigenvalue weighted by atomic mass is 9.92. The summed E-state index contributed by atoms with van der Waals surface area (Å²) >= 11 is 0.582. The highest BCUT2D eigenvalue weighted by molar-refractivity contribution is 7.23. The SMILES string of the molecule is C[C@@H]1[C@H](N(C)c2nc(OC[C@@]34CCCN3C[C@H](F)C4)nc3c(F)c(-c4ccc(F)c5sc(NC(=O)OC(C)(C)C)c(C#N)c45)c(C(F)(F)F)cc23)CCN1C(=O)OC(C)(C)C. The molecule has 19 heteroatoms. The third-order valence-corrected chi connectivity index (χ3v) is 12.5. The van der Waals surface area contributed by atoms with Crippen molar-refractivity contribution in [1.29, 1.82) is 5.26 Å². The molecule has 0 radical (unpaired) electrons. The Labute approximate surface area is 352 Å². The van der Waals surface area contributed by atoms with Gasteiger partial charge in [0.15, 0.2) is 5.82 Å². The van der Waals surface area contributed by atoms with Crippen LogP contribution in [0, 0.1) is 23.0 Å². The zero-order valence-electron chi connectivity index (χ0n) is 35.0. The van der Waals surface area contributed by atoms with Gasteiger partial charge in [0.25, 0.3) is 0 Å². The molecule has 0 aliphatic carbocycles. The first-order valence-corrected chi connectivity index (χ1v) is 20.7. The number of aromatic nitrogens is 2. The quantitative estimate of drug-likeness (QED) is 0.179. The second-order valence-electron chi connectivity index (χ2n) is 17.9. The number of amides is 2. The molecule has 12 nitrogen and oxygen atoms in total. The predicted octanol–water partition coefficient (Wildman–Crippen LogP) is 9.82. The van der Waals surface area contributed by atoms with Gasteiger partial charge in [0.2, 0.25) is 0 Å². The molecule has 7 rings (SSSR count). The van der Waals surface area contributed by atoms with Gasteiger partial charge in [0.05, 0.1) is 33.4 Å². The molecule has 1 N–H and O–H groups in total. The average molecular weight is 876 g/mol. The molecule has 328 valence electrons. The van der Waals surface area contributed by atoms with Crippen molar-refractivity contribution in [3.63, 3.8) is 0 Å². The lowest BCUT2D eigenvalue weighted by molar-refractivity contribution is -0.137. The maximum absolute atomic E-state index is 17.6. The fraction of sp³-hybridized carbons (Fsp3) is 0.548. The van der Waals surface area contributed by atoms with Gasteiger partial charge in [-0.05, 0) is 92.0 Å². The van der Waals surface area contributed by atoms with E-state index < -0.39 is 92.8 Å². The Morgan fingerprint density at radius 1 is 1.08 bits per heavy atom. The summed E-state index contributed by atoms with van der Waals surface area (Å²) in [5, 5.41) is 11.8. The predicted molar refractivity (Wildman–Crippen MR) is 218 cm³/mol. The van der Waals surface area contributed by atoms with Crippen LogP contribution in [0.1, 0.15) is 85.3 Å². The third kappa shape index (κ3) is 8.45. The van der Waals surface area contributed by atoms with Gasteiger partial charge in [0.1, 0.15) is 52.2 Å². The standard InChI is InChI=1S/C42H47F6N7O5S/c1-21-28(12-15-55(21)38(57)60-40(5,6)7)53(8)34-24-16-26(42(46,47)48)30(31(45)32(24)50-36(51-34)58-20-41-13-9-14-54(41)19-22(43)17-41)23-10-11-27(44)33-29(23)25(18-49)35(61-33)52-37(56)59-39(2,3)4/h10-11,16,21-22,28H,9,12-15,17,19-20H2,1-8H3,(H,52,56)/t21-,22-,28-,41+/m1/s1. The summed E-state index contributed by atoms with van der Waals surface area (Å²) in [5.41, 5.74) is -6.40. The van der Waals surface area contributed by atoms with Crippen LogP contribution in [-0.2, 0) is 15.7 Å². The molecule has 3 aliphatic heterocycles. The van der Waals surface area contributed by atoms with E-state index in [1.165, 1.54) is 4.90 Å². The Hall–Kier alpha value is -5.09. The number of fused-ring (bicyclic) bond motifs is 3. The van der Waals surface area contributed by atoms with Crippen molar-refractivity contribution in [2.45, 2.75) is 115 Å². The topological polar surface area (TPSA) is 133 Å². The number of hydrogen-bond acceptors (Lipinski definition) is 11. The Kier molecular flexibility index (Phi) is 11.3. The molecule has 3 saturated heterocycles. The van der Waals surface area contributed by atoms with Crippen LogP contribution >= 0.6 is 11.3 Å². The van der Waals surface area contributed by atoms with Gasteiger partial charge in [-0.2, -0.15) is 28.4 Å². The number of halogens is 6. The molecule has 2 amide bonds. The molecule has 4 atom stereocenters. The molecule has 3 fully saturated rings. The Balaban J connectivity index is 1.41. The number of ether oxygens (including phenoxy) is 3. The molecule has 0 bridgehead atoms. The Bertz CT molecular complexity index is 2440. The van der Waals surface area contributed by atoms with Gasteiger partial charge >= 0.3 is 24.4 Å². The normalized spacial score (nSPS) is 22.1. The number of rotatable bonds is 7. The van der Waals surface area contributed by atoms with Gasteiger partial charge < -0.3 is 24.0 Å². The maximum atomic E-state index is 17.6. The van der Waals surface area contributed by atoms with Crippen LogP contribution in [0.5, 0.6) is 6.01 Å². The number of carbonyl (C=O) groups is 2. The number of nitrogens with one attached hydrogen (secondary N) is 1. The second kappa shape index (κ2) is 15.7. The van der Waals surface area contributed by atoms with Gasteiger partial charge in [-0.1, -0.05) is 6.07 Å². The smallest absolute Gasteiger partial charge is 0.417 e. The maximum Gasteiger partial charge on any atom is 0.417 e. The lowest BCUT2D eigenvalue weighted by Crippen LogP contribution is -2.46. The summed E-state index contributed by atoms with van der Waals surface area (Å²) in [6.07, 6.45) is -5.94. The number of carbonyl (C=O) groups excluding carboxylic acids is 2. The summed E-state index contributed by atoms with van der Waals surface area (Å²) in [7, 11) is 1.57. The molecule has 2 aromatic heterocycles. The van der Waals surface area contributed by atoms with Crippen LogP contribution in [0.2, 0.25) is 0 Å². The summed E-state index contributed by atoms with van der Waals surface area (Å²) in [4.78, 5) is 39.9. The van der Waals surface area contributed by atoms with Gasteiger partial charge in [-0.3, -0.25) is 10.2 Å². The minimum Gasteiger partial charge on any atom is -0.461 e. The van der Waals surface area contributed by atoms with E-state index in [9.17, 15) is 19.2 Å². The number of nitrogens with zero attached hydrogens (tertiary/aromatic N) is 6. The van der Waals surface area contributed by atoms with E-state index in [4.69, 9.17) is 14.2 Å². The molecule has 0 saturated carbocycles. The zero-order chi connectivity index (χ0) is 44.6. The Morgan fingerprint density at radius 2 is 1.79 bits per heavy atom. The number of alkyl halides is 4. The number of likely N-dealkylation sites (tertiary alicyclic amines) is 1. The molecular weight excluding hydrogens is 829 g/mol. The minimum atomic E-state index is -5.22. The van der Waals surface area contributed by atoms with Crippen molar-refractivity contribution >= 4 is 55.3 Å². The number of hydrogen-bond donors (Lipinski definition) is 1. The Morgan fingerprint density at radius 3 is 2.44 bits per heavy atom. The van der Waals surface area contributed by atoms with E-state index in [2.05, 4.69) is 15.3 Å². The van der Waals surface area contributed by atoms with Crippen LogP contribution in [0.3, 0.4) is 0 Å². The summed E-state index contributed by atoms with van der Waals surface area (Å²) < 4.78 is 111. The number of benzene rings is 2. The fourth-order valence-corrected chi connectivity index (χ4v) is 9.87. The molecule has 5 heterocycles. The third-order valence-electron chi connectivity index (χ3n) is 11.4. The number of likely N-dealkylation sites (N-methyl/N-ethyl adjacent to an activating group) is 1. The van der Waals surface area contributed by atoms with Gasteiger partial charge in [-0.25, -0.2) is 22.8 Å². The van der Waals surface area contributed by atoms with Crippen molar-refractivity contribution < 1.29 is 50.1 Å². The number of nitriles is 1. The lowest BCUT2D eigenvalue weighted by Gasteiger charge is -2.33. The van der Waals surface area contributed by atoms with Crippen LogP contribution < -0.4 is 15.0 Å². The molecule has 0 spiro atoms. The van der Waals surface area contributed by atoms with E-state index in [-0.39, 0.29) is 58.4 Å². The first kappa shape index (κ1) is 44.0. The largest absolute Gasteiger partial charge is 0.461 e. The number of anilines is 2.